The Kier molecular flexibility index (Phi) is 8.84. The second kappa shape index (κ2) is 10.4. The van der Waals surface area contributed by atoms with Crippen molar-refractivity contribution in [1.82, 2.24) is 10.6 Å². The average molecular weight is 471 g/mol. The van der Waals surface area contributed by atoms with E-state index < -0.39 is 0 Å². The monoisotopic (exact) mass is 471 g/mol. The molecule has 26 heavy (non-hydrogen) atoms. The zero-order valence-corrected chi connectivity index (χ0v) is 18.0. The van der Waals surface area contributed by atoms with Gasteiger partial charge in [0.05, 0.1) is 7.11 Å². The number of nitrogens with one attached hydrogen (secondary N) is 2. The first-order valence-electron chi connectivity index (χ1n) is 8.28. The summed E-state index contributed by atoms with van der Waals surface area (Å²) in [5.74, 6) is 1.30. The Morgan fingerprint density at radius 3 is 2.38 bits per heavy atom. The number of nitrogens with zero attached hydrogens (tertiary/aromatic N) is 1. The lowest BCUT2D eigenvalue weighted by Crippen LogP contribution is -2.43. The molecule has 0 aliphatic heterocycles. The second-order valence-electron chi connectivity index (χ2n) is 6.52. The fourth-order valence-electron chi connectivity index (χ4n) is 2.50. The van der Waals surface area contributed by atoms with E-state index in [2.05, 4.69) is 41.6 Å². The predicted octanol–water partition coefficient (Wildman–Crippen LogP) is 4.10. The van der Waals surface area contributed by atoms with Crippen LogP contribution in [0.25, 0.3) is 0 Å². The van der Waals surface area contributed by atoms with Gasteiger partial charge >= 0.3 is 0 Å². The molecule has 0 aromatic heterocycles. The first-order chi connectivity index (χ1) is 11.9. The SMILES string of the molecule is CN=C(NCc1cccc(F)c1)NCC(C)(C)c1ccc(OC)cc1.I. The summed E-state index contributed by atoms with van der Waals surface area (Å²) in [6, 6.07) is 14.6. The predicted molar refractivity (Wildman–Crippen MR) is 116 cm³/mol. The lowest BCUT2D eigenvalue weighted by atomic mass is 9.84. The first-order valence-corrected chi connectivity index (χ1v) is 8.28. The fraction of sp³-hybridized carbons (Fsp3) is 0.350. The molecule has 0 fully saturated rings. The molecule has 142 valence electrons. The molecule has 0 spiro atoms. The van der Waals surface area contributed by atoms with Gasteiger partial charge in [0.25, 0.3) is 0 Å². The first kappa shape index (κ1) is 22.2. The number of rotatable bonds is 6. The van der Waals surface area contributed by atoms with Gasteiger partial charge in [0.15, 0.2) is 5.96 Å². The van der Waals surface area contributed by atoms with E-state index in [0.29, 0.717) is 19.0 Å². The molecule has 0 aliphatic carbocycles. The smallest absolute Gasteiger partial charge is 0.191 e. The van der Waals surface area contributed by atoms with Gasteiger partial charge in [0.1, 0.15) is 11.6 Å². The molecule has 0 bridgehead atoms. The summed E-state index contributed by atoms with van der Waals surface area (Å²) in [5, 5.41) is 6.54. The molecule has 2 aromatic rings. The van der Waals surface area contributed by atoms with Gasteiger partial charge in [0.2, 0.25) is 0 Å². The molecule has 6 heteroatoms. The number of ether oxygens (including phenoxy) is 1. The van der Waals surface area contributed by atoms with Crippen molar-refractivity contribution in [3.8, 4) is 5.75 Å². The van der Waals surface area contributed by atoms with E-state index in [-0.39, 0.29) is 35.2 Å². The van der Waals surface area contributed by atoms with Gasteiger partial charge < -0.3 is 15.4 Å². The van der Waals surface area contributed by atoms with Gasteiger partial charge in [0, 0.05) is 25.6 Å². The van der Waals surface area contributed by atoms with E-state index in [1.54, 1.807) is 20.2 Å². The third-order valence-corrected chi connectivity index (χ3v) is 4.14. The Morgan fingerprint density at radius 2 is 1.81 bits per heavy atom. The minimum Gasteiger partial charge on any atom is -0.497 e. The van der Waals surface area contributed by atoms with Crippen LogP contribution in [0, 0.1) is 5.82 Å². The lowest BCUT2D eigenvalue weighted by molar-refractivity contribution is 0.414. The zero-order chi connectivity index (χ0) is 18.3. The second-order valence-corrected chi connectivity index (χ2v) is 6.52. The third kappa shape index (κ3) is 6.48. The van der Waals surface area contributed by atoms with Crippen LogP contribution in [0.5, 0.6) is 5.75 Å². The van der Waals surface area contributed by atoms with Crippen molar-refractivity contribution >= 4 is 29.9 Å². The molecular formula is C20H27FIN3O. The number of guanidine groups is 1. The Balaban J connectivity index is 0.00000338. The molecule has 4 nitrogen and oxygen atoms in total. The largest absolute Gasteiger partial charge is 0.497 e. The highest BCUT2D eigenvalue weighted by Crippen LogP contribution is 2.24. The highest BCUT2D eigenvalue weighted by atomic mass is 127. The minimum absolute atomic E-state index is 0. The van der Waals surface area contributed by atoms with Crippen LogP contribution in [0.15, 0.2) is 53.5 Å². The standard InChI is InChI=1S/C20H26FN3O.HI/c1-20(2,16-8-10-18(25-4)11-9-16)14-24-19(22-3)23-13-15-6-5-7-17(21)12-15;/h5-12H,13-14H2,1-4H3,(H2,22,23,24);1H. The molecule has 0 saturated heterocycles. The molecule has 2 N–H and O–H groups in total. The van der Waals surface area contributed by atoms with E-state index in [0.717, 1.165) is 11.3 Å². The summed E-state index contributed by atoms with van der Waals surface area (Å²) < 4.78 is 18.4. The van der Waals surface area contributed by atoms with Gasteiger partial charge in [-0.2, -0.15) is 0 Å². The van der Waals surface area contributed by atoms with Gasteiger partial charge in [-0.15, -0.1) is 24.0 Å². The Hall–Kier alpha value is -1.83. The Morgan fingerprint density at radius 1 is 1.12 bits per heavy atom. The summed E-state index contributed by atoms with van der Waals surface area (Å²) in [7, 11) is 3.39. The van der Waals surface area contributed by atoms with E-state index in [1.807, 2.05) is 18.2 Å². The normalized spacial score (nSPS) is 11.5. The number of methoxy groups -OCH3 is 1. The van der Waals surface area contributed by atoms with Crippen molar-refractivity contribution in [2.45, 2.75) is 25.8 Å². The number of halogens is 2. The third-order valence-electron chi connectivity index (χ3n) is 4.14. The summed E-state index contributed by atoms with van der Waals surface area (Å²) in [6.07, 6.45) is 0. The van der Waals surface area contributed by atoms with Crippen molar-refractivity contribution < 1.29 is 9.13 Å². The summed E-state index contributed by atoms with van der Waals surface area (Å²) >= 11 is 0. The maximum Gasteiger partial charge on any atom is 0.191 e. The molecule has 2 rings (SSSR count). The highest BCUT2D eigenvalue weighted by Gasteiger charge is 2.21. The van der Waals surface area contributed by atoms with Gasteiger partial charge in [-0.25, -0.2) is 4.39 Å². The van der Waals surface area contributed by atoms with Crippen LogP contribution in [0.4, 0.5) is 4.39 Å². The lowest BCUT2D eigenvalue weighted by Gasteiger charge is -2.27. The minimum atomic E-state index is -0.233. The van der Waals surface area contributed by atoms with Crippen molar-refractivity contribution in [3.63, 3.8) is 0 Å². The molecular weight excluding hydrogens is 444 g/mol. The molecule has 0 aliphatic rings. The number of hydrogen-bond acceptors (Lipinski definition) is 2. The maximum absolute atomic E-state index is 13.2. The molecule has 2 aromatic carbocycles. The summed E-state index contributed by atoms with van der Waals surface area (Å²) in [5.41, 5.74) is 2.00. The van der Waals surface area contributed by atoms with Crippen LogP contribution >= 0.6 is 24.0 Å². The van der Waals surface area contributed by atoms with Crippen LogP contribution < -0.4 is 15.4 Å². The highest BCUT2D eigenvalue weighted by molar-refractivity contribution is 14.0. The Bertz CT molecular complexity index is 717. The van der Waals surface area contributed by atoms with Crippen LogP contribution in [-0.2, 0) is 12.0 Å². The summed E-state index contributed by atoms with van der Waals surface area (Å²) in [6.45, 7) is 5.56. The van der Waals surface area contributed by atoms with Crippen molar-refractivity contribution in [2.75, 3.05) is 20.7 Å². The maximum atomic E-state index is 13.2. The average Bonchev–Trinajstić information content (AvgIpc) is 2.62. The Labute approximate surface area is 172 Å². The number of aliphatic imine (C=N–C) groups is 1. The molecule has 0 heterocycles. The van der Waals surface area contributed by atoms with E-state index in [9.17, 15) is 4.39 Å². The molecule has 0 amide bonds. The fourth-order valence-corrected chi connectivity index (χ4v) is 2.50. The van der Waals surface area contributed by atoms with Gasteiger partial charge in [-0.3, -0.25) is 4.99 Å². The summed E-state index contributed by atoms with van der Waals surface area (Å²) in [4.78, 5) is 4.23. The number of benzene rings is 2. The van der Waals surface area contributed by atoms with E-state index >= 15 is 0 Å². The van der Waals surface area contributed by atoms with Crippen LogP contribution in [0.2, 0.25) is 0 Å². The van der Waals surface area contributed by atoms with Crippen LogP contribution in [0.1, 0.15) is 25.0 Å². The van der Waals surface area contributed by atoms with Gasteiger partial charge in [-0.05, 0) is 35.4 Å². The molecule has 0 unspecified atom stereocenters. The van der Waals surface area contributed by atoms with Crippen molar-refractivity contribution in [2.24, 2.45) is 4.99 Å². The van der Waals surface area contributed by atoms with E-state index in [1.165, 1.54) is 17.7 Å². The van der Waals surface area contributed by atoms with Crippen molar-refractivity contribution in [1.29, 1.82) is 0 Å². The van der Waals surface area contributed by atoms with E-state index in [4.69, 9.17) is 4.74 Å². The zero-order valence-electron chi connectivity index (χ0n) is 15.7. The molecule has 0 saturated carbocycles. The topological polar surface area (TPSA) is 45.7 Å². The van der Waals surface area contributed by atoms with Crippen molar-refractivity contribution in [3.05, 3.63) is 65.5 Å². The number of hydrogen-bond donors (Lipinski definition) is 2. The quantitative estimate of drug-likeness (QED) is 0.379. The molecule has 0 radical (unpaired) electrons. The molecule has 0 atom stereocenters. The van der Waals surface area contributed by atoms with Crippen LogP contribution in [-0.4, -0.2) is 26.7 Å². The van der Waals surface area contributed by atoms with Gasteiger partial charge in [-0.1, -0.05) is 38.1 Å². The van der Waals surface area contributed by atoms with Crippen LogP contribution in [0.3, 0.4) is 0 Å².